The Morgan fingerprint density at radius 2 is 2.26 bits per heavy atom. The first-order valence-corrected chi connectivity index (χ1v) is 8.51. The van der Waals surface area contributed by atoms with Gasteiger partial charge in [0.2, 0.25) is 0 Å². The van der Waals surface area contributed by atoms with E-state index in [2.05, 4.69) is 5.92 Å². The first-order chi connectivity index (χ1) is 14.0. The van der Waals surface area contributed by atoms with Gasteiger partial charge in [0.05, 0.1) is 1.37 Å². The van der Waals surface area contributed by atoms with E-state index in [4.69, 9.17) is 16.0 Å². The summed E-state index contributed by atoms with van der Waals surface area (Å²) >= 11 is 0. The van der Waals surface area contributed by atoms with Crippen LogP contribution in [0.25, 0.3) is 0 Å². The van der Waals surface area contributed by atoms with Crippen molar-refractivity contribution < 1.29 is 20.9 Å². The lowest BCUT2D eigenvalue weighted by Crippen LogP contribution is -2.53. The predicted molar refractivity (Wildman–Crippen MR) is 90.5 cm³/mol. The number of hydrogen-bond donors (Lipinski definition) is 1. The third-order valence-corrected chi connectivity index (χ3v) is 6.74. The first kappa shape index (κ1) is 8.86. The number of allylic oxidation sites excluding steroid dienone is 1. The maximum atomic E-state index is 12.4. The van der Waals surface area contributed by atoms with Gasteiger partial charge in [0.25, 0.3) is 0 Å². The van der Waals surface area contributed by atoms with Gasteiger partial charge in [-0.2, -0.15) is 0 Å². The zero-order valence-corrected chi connectivity index (χ0v) is 13.4. The molecule has 0 heterocycles. The maximum Gasteiger partial charge on any atom is 0.155 e. The van der Waals surface area contributed by atoms with Crippen LogP contribution in [0.3, 0.4) is 0 Å². The number of terminal acetylenes is 1. The fraction of sp³-hybridized carbons (Fsp3) is 0.762. The van der Waals surface area contributed by atoms with Gasteiger partial charge in [0, 0.05) is 21.4 Å². The van der Waals surface area contributed by atoms with Crippen LogP contribution in [0.4, 0.5) is 0 Å². The van der Waals surface area contributed by atoms with E-state index in [9.17, 15) is 11.3 Å². The Balaban J connectivity index is 1.90. The van der Waals surface area contributed by atoms with Crippen LogP contribution in [0.2, 0.25) is 0 Å². The number of hydrogen-bond acceptors (Lipinski definition) is 2. The Kier molecular flexibility index (Phi) is 2.01. The lowest BCUT2D eigenvalue weighted by molar-refractivity contribution is -0.117. The summed E-state index contributed by atoms with van der Waals surface area (Å²) < 4.78 is 68.0. The van der Waals surface area contributed by atoms with Crippen LogP contribution in [0, 0.1) is 41.4 Å². The summed E-state index contributed by atoms with van der Waals surface area (Å²) in [7, 11) is 0. The molecule has 0 aromatic heterocycles. The minimum Gasteiger partial charge on any atom is -0.377 e. The average molecular weight is 321 g/mol. The molecule has 3 unspecified atom stereocenters. The van der Waals surface area contributed by atoms with Gasteiger partial charge < -0.3 is 5.11 Å². The molecule has 0 saturated heterocycles. The van der Waals surface area contributed by atoms with Gasteiger partial charge in [0.15, 0.2) is 5.78 Å². The number of rotatable bonds is 1. The summed E-state index contributed by atoms with van der Waals surface area (Å²) in [6.45, 7) is 1.84. The van der Waals surface area contributed by atoms with E-state index in [0.29, 0.717) is 19.3 Å². The number of fused-ring (bicyclic) bond motifs is 5. The minimum atomic E-state index is -2.43. The zero-order valence-electron chi connectivity index (χ0n) is 21.4. The normalized spacial score (nSPS) is 64.0. The fourth-order valence-electron chi connectivity index (χ4n) is 5.54. The van der Waals surface area contributed by atoms with Crippen molar-refractivity contribution in [3.8, 4) is 12.3 Å². The number of carbonyl (C=O) groups is 1. The average Bonchev–Trinajstić information content (AvgIpc) is 2.83. The topological polar surface area (TPSA) is 37.3 Å². The van der Waals surface area contributed by atoms with Crippen molar-refractivity contribution in [3.05, 3.63) is 11.6 Å². The summed E-state index contributed by atoms with van der Waals surface area (Å²) in [5.74, 6) is -2.07. The molecule has 6 atom stereocenters. The van der Waals surface area contributed by atoms with Crippen molar-refractivity contribution in [2.24, 2.45) is 29.1 Å². The maximum absolute atomic E-state index is 12.4. The van der Waals surface area contributed by atoms with Crippen LogP contribution in [0.15, 0.2) is 11.6 Å². The Morgan fingerprint density at radius 3 is 3.00 bits per heavy atom. The highest BCUT2D eigenvalue weighted by atomic mass is 16.3. The molecule has 0 spiro atoms. The molecule has 23 heavy (non-hydrogen) atoms. The molecule has 0 aromatic rings. The van der Waals surface area contributed by atoms with Crippen LogP contribution in [0.5, 0.6) is 0 Å². The van der Waals surface area contributed by atoms with Gasteiger partial charge in [-0.1, -0.05) is 18.4 Å². The number of carbonyl (C=O) groups excluding carboxylic acids is 1. The van der Waals surface area contributed by atoms with Crippen molar-refractivity contribution in [3.63, 3.8) is 0 Å². The van der Waals surface area contributed by atoms with E-state index in [1.807, 2.05) is 6.92 Å². The lowest BCUT2D eigenvalue weighted by Gasteiger charge is -2.55. The second-order valence-corrected chi connectivity index (χ2v) is 7.25. The van der Waals surface area contributed by atoms with Gasteiger partial charge in [-0.05, 0) is 81.0 Å². The Morgan fingerprint density at radius 1 is 1.43 bits per heavy atom. The molecule has 3 saturated carbocycles. The van der Waals surface area contributed by atoms with Crippen molar-refractivity contribution in [1.29, 1.82) is 0 Å². The van der Waals surface area contributed by atoms with E-state index in [0.717, 1.165) is 0 Å². The van der Waals surface area contributed by atoms with Crippen LogP contribution in [-0.2, 0) is 4.79 Å². The molecule has 4 aliphatic carbocycles. The summed E-state index contributed by atoms with van der Waals surface area (Å²) in [4.78, 5) is 12.4. The van der Waals surface area contributed by atoms with E-state index >= 15 is 0 Å². The van der Waals surface area contributed by atoms with Crippen molar-refractivity contribution in [1.82, 2.24) is 0 Å². The minimum absolute atomic E-state index is 0.0620. The quantitative estimate of drug-likeness (QED) is 0.744. The molecule has 0 aromatic carbocycles. The molecule has 2 heteroatoms. The number of aliphatic hydroxyl groups is 1. The second kappa shape index (κ2) is 5.21. The van der Waals surface area contributed by atoms with Crippen molar-refractivity contribution in [2.45, 2.75) is 70.2 Å². The first-order valence-electron chi connectivity index (χ1n) is 12.5. The molecule has 3 fully saturated rings. The fourth-order valence-corrected chi connectivity index (χ4v) is 5.54. The lowest BCUT2D eigenvalue weighted by atomic mass is 9.49. The van der Waals surface area contributed by atoms with E-state index in [-0.39, 0.29) is 18.4 Å². The van der Waals surface area contributed by atoms with Crippen LogP contribution < -0.4 is 0 Å². The molecule has 0 bridgehead atoms. The van der Waals surface area contributed by atoms with Crippen molar-refractivity contribution >= 4 is 5.78 Å². The summed E-state index contributed by atoms with van der Waals surface area (Å²) in [5, 5.41) is 11.4. The van der Waals surface area contributed by atoms with Gasteiger partial charge >= 0.3 is 0 Å². The Labute approximate surface area is 151 Å². The van der Waals surface area contributed by atoms with Gasteiger partial charge in [0.1, 0.15) is 5.60 Å². The summed E-state index contributed by atoms with van der Waals surface area (Å²) in [5.41, 5.74) is -3.22. The Bertz CT molecular complexity index is 921. The SMILES string of the molecule is [2H]C1=C2C([2H])([2H])CC3C4CC([2H])([2H])[C@@](O)(C#C)[C@@]4(CC)CCC3[C@@]2([2H])CC([2H])([2H])C1=O. The molecule has 2 nitrogen and oxygen atoms in total. The molecule has 124 valence electrons. The van der Waals surface area contributed by atoms with E-state index in [1.165, 1.54) is 0 Å². The smallest absolute Gasteiger partial charge is 0.155 e. The molecular formula is C21H28O2. The molecule has 4 aliphatic rings. The highest BCUT2D eigenvalue weighted by Crippen LogP contribution is 2.66. The molecule has 0 amide bonds. The van der Waals surface area contributed by atoms with E-state index in [1.54, 1.807) is 0 Å². The molecule has 0 radical (unpaired) electrons. The molecule has 0 aliphatic heterocycles. The monoisotopic (exact) mass is 320 g/mol. The largest absolute Gasteiger partial charge is 0.377 e. The highest BCUT2D eigenvalue weighted by Gasteiger charge is 2.63. The predicted octanol–water partition coefficient (Wildman–Crippen LogP) is 3.88. The second-order valence-electron chi connectivity index (χ2n) is 7.25. The van der Waals surface area contributed by atoms with Crippen LogP contribution in [0.1, 0.15) is 75.5 Å². The van der Waals surface area contributed by atoms with Gasteiger partial charge in [-0.15, -0.1) is 6.42 Å². The summed E-state index contributed by atoms with van der Waals surface area (Å²) in [6.07, 6.45) is -0.634. The molecular weight excluding hydrogens is 284 g/mol. The van der Waals surface area contributed by atoms with Crippen LogP contribution >= 0.6 is 0 Å². The Hall–Kier alpha value is -1.07. The van der Waals surface area contributed by atoms with Crippen molar-refractivity contribution in [2.75, 3.05) is 0 Å². The standard InChI is InChI=1S/C21H28O2/c1-3-20-11-9-17-16-8-6-15(22)13-14(16)5-7-18(17)19(20)10-12-21(20,23)4-2/h2,13,16-19,23H,3,5-12H2,1H3/t16-,17?,18?,19?,20-,21-/m0/s1/i5D2,6D2,12D2,13D,16D. The van der Waals surface area contributed by atoms with Gasteiger partial charge in [-0.3, -0.25) is 4.79 Å². The third kappa shape index (κ3) is 1.96. The van der Waals surface area contributed by atoms with Crippen LogP contribution in [-0.4, -0.2) is 16.5 Å². The van der Waals surface area contributed by atoms with Gasteiger partial charge in [-0.25, -0.2) is 0 Å². The highest BCUT2D eigenvalue weighted by molar-refractivity contribution is 5.91. The van der Waals surface area contributed by atoms with E-state index < -0.39 is 72.0 Å². The summed E-state index contributed by atoms with van der Waals surface area (Å²) in [6, 6.07) is -0.732. The third-order valence-electron chi connectivity index (χ3n) is 6.74. The molecule has 4 rings (SSSR count). The molecule has 1 N–H and O–H groups in total. The number of ketones is 1. The zero-order chi connectivity index (χ0) is 23.4.